The second-order valence-electron chi connectivity index (χ2n) is 13.9. The van der Waals surface area contributed by atoms with E-state index in [1.165, 1.54) is 116 Å². The number of ether oxygens (including phenoxy) is 2. The lowest BCUT2D eigenvalue weighted by molar-refractivity contribution is -0.161. The van der Waals surface area contributed by atoms with E-state index < -0.39 is 32.5 Å². The largest absolute Gasteiger partial charge is 0.472 e. The minimum atomic E-state index is -4.39. The summed E-state index contributed by atoms with van der Waals surface area (Å²) in [6.07, 6.45) is 41.9. The smallest absolute Gasteiger partial charge is 0.462 e. The molecule has 304 valence electrons. The highest BCUT2D eigenvalue weighted by molar-refractivity contribution is 7.47. The molecule has 0 radical (unpaired) electrons. The molecule has 9 nitrogen and oxygen atoms in total. The fourth-order valence-corrected chi connectivity index (χ4v) is 6.43. The Morgan fingerprint density at radius 3 is 1.56 bits per heavy atom. The van der Waals surface area contributed by atoms with E-state index in [1.54, 1.807) is 0 Å². The second kappa shape index (κ2) is 38.9. The molecule has 3 N–H and O–H groups in total. The highest BCUT2D eigenvalue weighted by atomic mass is 31.2. The van der Waals surface area contributed by atoms with E-state index in [0.717, 1.165) is 38.5 Å². The van der Waals surface area contributed by atoms with Crippen molar-refractivity contribution >= 4 is 19.8 Å². The Morgan fingerprint density at radius 1 is 0.577 bits per heavy atom. The van der Waals surface area contributed by atoms with E-state index in [-0.39, 0.29) is 32.6 Å². The lowest BCUT2D eigenvalue weighted by atomic mass is 10.0. The number of allylic oxidation sites excluding steroid dienone is 6. The third-order valence-electron chi connectivity index (χ3n) is 8.79. The molecular weight excluding hydrogens is 677 g/mol. The monoisotopic (exact) mass is 756 g/mol. The molecule has 0 rings (SSSR count). The highest BCUT2D eigenvalue weighted by Crippen LogP contribution is 2.43. The number of esters is 2. The van der Waals surface area contributed by atoms with Crippen molar-refractivity contribution in [2.45, 2.75) is 193 Å². The Hall–Kier alpha value is -1.77. The Bertz CT molecular complexity index is 954. The van der Waals surface area contributed by atoms with Crippen molar-refractivity contribution in [3.63, 3.8) is 0 Å². The van der Waals surface area contributed by atoms with Gasteiger partial charge in [0.1, 0.15) is 6.61 Å². The summed E-state index contributed by atoms with van der Waals surface area (Å²) >= 11 is 0. The molecule has 52 heavy (non-hydrogen) atoms. The normalized spacial score (nSPS) is 13.7. The number of unbranched alkanes of at least 4 members (excludes halogenated alkanes) is 20. The van der Waals surface area contributed by atoms with Gasteiger partial charge < -0.3 is 20.1 Å². The molecule has 0 saturated heterocycles. The van der Waals surface area contributed by atoms with Crippen LogP contribution in [0.15, 0.2) is 36.5 Å². The lowest BCUT2D eigenvalue weighted by Gasteiger charge is -2.19. The number of carbonyl (C=O) groups excluding carboxylic acids is 2. The average molecular weight is 756 g/mol. The van der Waals surface area contributed by atoms with Gasteiger partial charge in [-0.1, -0.05) is 172 Å². The summed E-state index contributed by atoms with van der Waals surface area (Å²) in [7, 11) is -4.39. The summed E-state index contributed by atoms with van der Waals surface area (Å²) in [4.78, 5) is 34.8. The number of nitrogens with two attached hydrogens (primary N) is 1. The molecule has 0 aromatic heterocycles. The number of phosphoric acid groups is 1. The first-order valence-electron chi connectivity index (χ1n) is 21.0. The minimum Gasteiger partial charge on any atom is -0.462 e. The van der Waals surface area contributed by atoms with Crippen LogP contribution in [0.4, 0.5) is 0 Å². The maximum absolute atomic E-state index is 12.5. The molecule has 2 atom stereocenters. The lowest BCUT2D eigenvalue weighted by Crippen LogP contribution is -2.29. The van der Waals surface area contributed by atoms with Gasteiger partial charge in [0.2, 0.25) is 0 Å². The van der Waals surface area contributed by atoms with E-state index in [4.69, 9.17) is 24.3 Å². The molecule has 0 aromatic rings. The number of hydrogen-bond donors (Lipinski definition) is 2. The fourth-order valence-electron chi connectivity index (χ4n) is 5.66. The Kier molecular flexibility index (Phi) is 37.6. The molecule has 0 aliphatic carbocycles. The van der Waals surface area contributed by atoms with Crippen LogP contribution in [-0.4, -0.2) is 49.3 Å². The van der Waals surface area contributed by atoms with E-state index in [2.05, 4.69) is 38.2 Å². The predicted octanol–water partition coefficient (Wildman–Crippen LogP) is 11.8. The van der Waals surface area contributed by atoms with Crippen LogP contribution >= 0.6 is 7.82 Å². The van der Waals surface area contributed by atoms with E-state index >= 15 is 0 Å². The van der Waals surface area contributed by atoms with Gasteiger partial charge >= 0.3 is 19.8 Å². The van der Waals surface area contributed by atoms with Gasteiger partial charge in [-0.2, -0.15) is 0 Å². The SMILES string of the molecule is CCCCCCCCC/C=C\C/C=C\C/C=C\CCC(=O)OC(COC(=O)CCCCCCCCCCCCCCCC)COP(=O)(O)OCCN. The summed E-state index contributed by atoms with van der Waals surface area (Å²) in [5.74, 6) is -0.912. The van der Waals surface area contributed by atoms with Crippen LogP contribution in [0.2, 0.25) is 0 Å². The average Bonchev–Trinajstić information content (AvgIpc) is 3.13. The van der Waals surface area contributed by atoms with E-state index in [1.807, 2.05) is 12.2 Å². The van der Waals surface area contributed by atoms with E-state index in [0.29, 0.717) is 6.42 Å². The molecule has 0 fully saturated rings. The first-order chi connectivity index (χ1) is 25.3. The van der Waals surface area contributed by atoms with Gasteiger partial charge in [-0.15, -0.1) is 0 Å². The maximum atomic E-state index is 12.5. The summed E-state index contributed by atoms with van der Waals surface area (Å²) < 4.78 is 32.6. The van der Waals surface area contributed by atoms with Gasteiger partial charge in [0.15, 0.2) is 6.10 Å². The molecule has 0 bridgehead atoms. The molecule has 0 amide bonds. The van der Waals surface area contributed by atoms with Crippen molar-refractivity contribution in [1.29, 1.82) is 0 Å². The van der Waals surface area contributed by atoms with Crippen LogP contribution < -0.4 is 5.73 Å². The number of rotatable bonds is 39. The van der Waals surface area contributed by atoms with Crippen LogP contribution in [0.5, 0.6) is 0 Å². The van der Waals surface area contributed by atoms with Gasteiger partial charge in [0, 0.05) is 19.4 Å². The van der Waals surface area contributed by atoms with Gasteiger partial charge in [0.05, 0.1) is 13.2 Å². The Labute approximate surface area is 318 Å². The van der Waals surface area contributed by atoms with Crippen LogP contribution in [-0.2, 0) is 32.7 Å². The summed E-state index contributed by atoms with van der Waals surface area (Å²) in [5.41, 5.74) is 5.33. The van der Waals surface area contributed by atoms with Gasteiger partial charge in [-0.05, 0) is 38.5 Å². The van der Waals surface area contributed by atoms with Crippen molar-refractivity contribution in [3.8, 4) is 0 Å². The zero-order chi connectivity index (χ0) is 38.2. The molecule has 2 unspecified atom stereocenters. The van der Waals surface area contributed by atoms with Crippen molar-refractivity contribution in [2.75, 3.05) is 26.4 Å². The Balaban J connectivity index is 4.27. The maximum Gasteiger partial charge on any atom is 0.472 e. The molecular formula is C42H78NO8P. The molecule has 0 saturated carbocycles. The van der Waals surface area contributed by atoms with Crippen molar-refractivity contribution in [2.24, 2.45) is 5.73 Å². The molecule has 0 spiro atoms. The minimum absolute atomic E-state index is 0.0445. The van der Waals surface area contributed by atoms with Crippen molar-refractivity contribution < 1.29 is 37.6 Å². The van der Waals surface area contributed by atoms with Gasteiger partial charge in [0.25, 0.3) is 0 Å². The summed E-state index contributed by atoms with van der Waals surface area (Å²) in [6, 6.07) is 0. The fraction of sp³-hybridized carbons (Fsp3) is 0.810. The highest BCUT2D eigenvalue weighted by Gasteiger charge is 2.25. The summed E-state index contributed by atoms with van der Waals surface area (Å²) in [6.45, 7) is 3.66. The zero-order valence-corrected chi connectivity index (χ0v) is 34.2. The summed E-state index contributed by atoms with van der Waals surface area (Å²) in [5, 5.41) is 0. The first-order valence-corrected chi connectivity index (χ1v) is 22.5. The Morgan fingerprint density at radius 2 is 1.04 bits per heavy atom. The van der Waals surface area contributed by atoms with Crippen LogP contribution in [0, 0.1) is 0 Å². The van der Waals surface area contributed by atoms with Crippen LogP contribution in [0.1, 0.15) is 187 Å². The molecule has 0 heterocycles. The van der Waals surface area contributed by atoms with Gasteiger partial charge in [-0.3, -0.25) is 18.6 Å². The second-order valence-corrected chi connectivity index (χ2v) is 15.3. The molecule has 0 aliphatic heterocycles. The zero-order valence-electron chi connectivity index (χ0n) is 33.3. The quantitative estimate of drug-likeness (QED) is 0.0272. The van der Waals surface area contributed by atoms with Crippen molar-refractivity contribution in [1.82, 2.24) is 0 Å². The number of hydrogen-bond acceptors (Lipinski definition) is 8. The number of carbonyl (C=O) groups is 2. The molecule has 0 aromatic carbocycles. The first kappa shape index (κ1) is 50.2. The number of phosphoric ester groups is 1. The predicted molar refractivity (Wildman–Crippen MR) is 215 cm³/mol. The topological polar surface area (TPSA) is 134 Å². The van der Waals surface area contributed by atoms with Crippen LogP contribution in [0.25, 0.3) is 0 Å². The third-order valence-corrected chi connectivity index (χ3v) is 9.78. The van der Waals surface area contributed by atoms with Crippen molar-refractivity contribution in [3.05, 3.63) is 36.5 Å². The third kappa shape index (κ3) is 38.0. The van der Waals surface area contributed by atoms with Gasteiger partial charge in [-0.25, -0.2) is 4.57 Å². The molecule has 10 heteroatoms. The molecule has 0 aliphatic rings. The van der Waals surface area contributed by atoms with Crippen LogP contribution in [0.3, 0.4) is 0 Å². The van der Waals surface area contributed by atoms with E-state index in [9.17, 15) is 19.0 Å². The standard InChI is InChI=1S/C42H78NO8P/c1-3-5-7-9-11-13-15-17-19-20-21-23-25-27-29-31-33-35-42(45)51-40(39-50-52(46,47)49-37-36-43)38-48-41(44)34-32-30-28-26-24-22-18-16-14-12-10-8-6-4-2/h19-20,23,25,29,31,40H,3-18,21-22,24,26-28,30,32-39,43H2,1-2H3,(H,46,47)/b20-19-,25-23-,31-29-.